The van der Waals surface area contributed by atoms with Gasteiger partial charge in [0.25, 0.3) is 5.91 Å². The number of hydrogen-bond acceptors (Lipinski definition) is 11. The maximum atomic E-state index is 13.2. The molecule has 0 radical (unpaired) electrons. The van der Waals surface area contributed by atoms with E-state index in [9.17, 15) is 29.7 Å². The minimum Gasteiger partial charge on any atom is -0.506 e. The van der Waals surface area contributed by atoms with Crippen molar-refractivity contribution in [2.24, 2.45) is 0 Å². The van der Waals surface area contributed by atoms with E-state index < -0.39 is 12.2 Å². The number of carbonyl (C=O) groups excluding carboxylic acids is 1. The number of likely N-dealkylation sites (tertiary alicyclic amines) is 1. The van der Waals surface area contributed by atoms with Crippen molar-refractivity contribution in [1.29, 1.82) is 0 Å². The highest BCUT2D eigenvalue weighted by Gasteiger charge is 2.41. The second kappa shape index (κ2) is 14.8. The topological polar surface area (TPSA) is 169 Å². The highest BCUT2D eigenvalue weighted by Crippen LogP contribution is 2.33. The molecule has 6 rings (SSSR count). The monoisotopic (exact) mass is 711 g/mol. The summed E-state index contributed by atoms with van der Waals surface area (Å²) in [5.41, 5.74) is 0.983. The fourth-order valence-corrected chi connectivity index (χ4v) is 8.14. The average molecular weight is 712 g/mol. The van der Waals surface area contributed by atoms with Gasteiger partial charge in [-0.25, -0.2) is 9.78 Å². The summed E-state index contributed by atoms with van der Waals surface area (Å²) in [7, 11) is 0. The number of amides is 2. The summed E-state index contributed by atoms with van der Waals surface area (Å²) in [6, 6.07) is 10.0. The summed E-state index contributed by atoms with van der Waals surface area (Å²) in [5, 5.41) is 31.7. The van der Waals surface area contributed by atoms with Crippen LogP contribution in [0.1, 0.15) is 64.5 Å². The second-order valence-electron chi connectivity index (χ2n) is 12.9. The van der Waals surface area contributed by atoms with E-state index in [1.54, 1.807) is 30.5 Å². The van der Waals surface area contributed by atoms with E-state index in [1.165, 1.54) is 23.5 Å². The van der Waals surface area contributed by atoms with Gasteiger partial charge in [0.05, 0.1) is 47.3 Å². The summed E-state index contributed by atoms with van der Waals surface area (Å²) >= 11 is 2.33. The molecule has 262 valence electrons. The average Bonchev–Trinajstić information content (AvgIpc) is 3.74. The van der Waals surface area contributed by atoms with Crippen LogP contribution in [0.25, 0.3) is 10.2 Å². The van der Waals surface area contributed by atoms with Crippen LogP contribution in [0.15, 0.2) is 47.4 Å². The molecule has 1 spiro atoms. The first-order valence-corrected chi connectivity index (χ1v) is 18.0. The number of aliphatic hydroxyl groups excluding tert-OH is 1. The number of nitrogens with zero attached hydrogens (tertiary/aromatic N) is 4. The standard InChI is InChI=1S/C34H41N5O8S2/c1-21(2)30-35-17-27(48-30)31(42)38-14-16-47-34(20-38)9-11-37(12-10-34)13-15-46-23-5-3-22(4-6-23)18-39(33(44)45)19-26(41)24-7-8-25(40)28-29(24)49-32(43)36-28/h3-8,17,21,26,40-41H,9-16,18-20H2,1-2H3,(H,36,43)(H,44,45). The van der Waals surface area contributed by atoms with Gasteiger partial charge in [-0.3, -0.25) is 14.5 Å². The first kappa shape index (κ1) is 34.8. The molecule has 1 atom stereocenters. The minimum absolute atomic E-state index is 0.0369. The lowest BCUT2D eigenvalue weighted by atomic mass is 9.89. The van der Waals surface area contributed by atoms with E-state index in [1.807, 2.05) is 4.90 Å². The van der Waals surface area contributed by atoms with E-state index in [4.69, 9.17) is 9.47 Å². The van der Waals surface area contributed by atoms with Gasteiger partial charge < -0.3 is 39.6 Å². The molecule has 15 heteroatoms. The van der Waals surface area contributed by atoms with Crippen LogP contribution in [0, 0.1) is 0 Å². The maximum absolute atomic E-state index is 13.2. The summed E-state index contributed by atoms with van der Waals surface area (Å²) in [4.78, 5) is 49.7. The number of H-pyrrole nitrogens is 1. The van der Waals surface area contributed by atoms with Gasteiger partial charge in [-0.05, 0) is 36.6 Å². The number of morpholine rings is 1. The van der Waals surface area contributed by atoms with Crippen molar-refractivity contribution in [1.82, 2.24) is 24.7 Å². The van der Waals surface area contributed by atoms with E-state index in [0.717, 1.165) is 59.3 Å². The van der Waals surface area contributed by atoms with E-state index in [-0.39, 0.29) is 40.7 Å². The van der Waals surface area contributed by atoms with Gasteiger partial charge in [0.1, 0.15) is 28.5 Å². The summed E-state index contributed by atoms with van der Waals surface area (Å²) in [6.07, 6.45) is 0.974. The Morgan fingerprint density at radius 3 is 2.57 bits per heavy atom. The number of carbonyl (C=O) groups is 2. The molecule has 4 aromatic rings. The number of ether oxygens (including phenoxy) is 2. The number of nitrogens with one attached hydrogen (secondary N) is 1. The van der Waals surface area contributed by atoms with Gasteiger partial charge in [-0.2, -0.15) is 0 Å². The predicted octanol–water partition coefficient (Wildman–Crippen LogP) is 4.47. The molecule has 0 bridgehead atoms. The van der Waals surface area contributed by atoms with E-state index in [2.05, 4.69) is 28.7 Å². The molecule has 2 amide bonds. The molecule has 2 aliphatic rings. The van der Waals surface area contributed by atoms with Crippen molar-refractivity contribution in [3.8, 4) is 11.5 Å². The van der Waals surface area contributed by atoms with Crippen LogP contribution in [-0.4, -0.2) is 110 Å². The molecule has 2 aliphatic heterocycles. The Labute approximate surface area is 291 Å². The maximum Gasteiger partial charge on any atom is 0.407 e. The van der Waals surface area contributed by atoms with Gasteiger partial charge in [0, 0.05) is 44.2 Å². The molecule has 2 saturated heterocycles. The number of phenols is 1. The fraction of sp³-hybridized carbons (Fsp3) is 0.471. The van der Waals surface area contributed by atoms with Crippen LogP contribution in [-0.2, 0) is 11.3 Å². The highest BCUT2D eigenvalue weighted by molar-refractivity contribution is 7.16. The lowest BCUT2D eigenvalue weighted by Crippen LogP contribution is -2.58. The lowest BCUT2D eigenvalue weighted by molar-refractivity contribution is -0.127. The number of aromatic amines is 1. The Morgan fingerprint density at radius 2 is 1.88 bits per heavy atom. The second-order valence-corrected chi connectivity index (χ2v) is 14.9. The number of aromatic nitrogens is 2. The number of benzene rings is 2. The molecule has 13 nitrogen and oxygen atoms in total. The van der Waals surface area contributed by atoms with Crippen LogP contribution < -0.4 is 9.61 Å². The number of piperidine rings is 1. The Hall–Kier alpha value is -4.02. The van der Waals surface area contributed by atoms with E-state index in [0.29, 0.717) is 53.1 Å². The Kier molecular flexibility index (Phi) is 10.6. The molecule has 4 heterocycles. The highest BCUT2D eigenvalue weighted by atomic mass is 32.1. The molecule has 2 aromatic heterocycles. The lowest BCUT2D eigenvalue weighted by Gasteiger charge is -2.47. The largest absolute Gasteiger partial charge is 0.506 e. The minimum atomic E-state index is -1.20. The number of aliphatic hydroxyl groups is 1. The Bertz CT molecular complexity index is 1830. The van der Waals surface area contributed by atoms with Crippen molar-refractivity contribution >= 4 is 44.9 Å². The number of thiazole rings is 2. The molecule has 2 aromatic carbocycles. The quantitative estimate of drug-likeness (QED) is 0.174. The number of hydrogen-bond donors (Lipinski definition) is 4. The van der Waals surface area contributed by atoms with Crippen molar-refractivity contribution in [2.45, 2.75) is 50.9 Å². The SMILES string of the molecule is CC(C)c1ncc(C(=O)N2CCOC3(CCN(CCOc4ccc(CN(CC(O)c5ccc(O)c6[nH]c(=O)sc56)C(=O)O)cc4)CC3)C2)s1. The number of phenolic OH excluding ortho intramolecular Hbond substituents is 1. The molecular formula is C34H41N5O8S2. The number of fused-ring (bicyclic) bond motifs is 1. The summed E-state index contributed by atoms with van der Waals surface area (Å²) in [5.74, 6) is 0.884. The number of rotatable bonds is 11. The fourth-order valence-electron chi connectivity index (χ4n) is 6.34. The molecular weight excluding hydrogens is 671 g/mol. The van der Waals surface area contributed by atoms with E-state index >= 15 is 0 Å². The molecule has 0 aliphatic carbocycles. The van der Waals surface area contributed by atoms with Crippen LogP contribution in [0.2, 0.25) is 0 Å². The first-order chi connectivity index (χ1) is 23.5. The number of carboxylic acid groups (broad SMARTS) is 1. The molecule has 4 N–H and O–H groups in total. The smallest absolute Gasteiger partial charge is 0.407 e. The molecule has 49 heavy (non-hydrogen) atoms. The van der Waals surface area contributed by atoms with Crippen molar-refractivity contribution in [2.75, 3.05) is 52.5 Å². The third-order valence-electron chi connectivity index (χ3n) is 9.12. The predicted molar refractivity (Wildman–Crippen MR) is 186 cm³/mol. The zero-order valence-corrected chi connectivity index (χ0v) is 29.1. The van der Waals surface area contributed by atoms with Crippen molar-refractivity contribution in [3.63, 3.8) is 0 Å². The molecule has 2 fully saturated rings. The van der Waals surface area contributed by atoms with Gasteiger partial charge in [-0.15, -0.1) is 11.3 Å². The van der Waals surface area contributed by atoms with Crippen LogP contribution in [0.4, 0.5) is 4.79 Å². The zero-order chi connectivity index (χ0) is 34.7. The van der Waals surface area contributed by atoms with Crippen LogP contribution in [0.5, 0.6) is 11.5 Å². The van der Waals surface area contributed by atoms with Crippen LogP contribution in [0.3, 0.4) is 0 Å². The van der Waals surface area contributed by atoms with Gasteiger partial charge in [-0.1, -0.05) is 43.4 Å². The third-order valence-corrected chi connectivity index (χ3v) is 11.3. The Balaban J connectivity index is 0.957. The normalized spacial score (nSPS) is 17.1. The van der Waals surface area contributed by atoms with Crippen molar-refractivity contribution < 1.29 is 34.4 Å². The van der Waals surface area contributed by atoms with Gasteiger partial charge in [0.2, 0.25) is 0 Å². The first-order valence-electron chi connectivity index (χ1n) is 16.3. The van der Waals surface area contributed by atoms with Gasteiger partial charge >= 0.3 is 11.0 Å². The van der Waals surface area contributed by atoms with Crippen LogP contribution >= 0.6 is 22.7 Å². The third kappa shape index (κ3) is 8.07. The molecule has 1 unspecified atom stereocenters. The van der Waals surface area contributed by atoms with Crippen molar-refractivity contribution in [3.05, 3.63) is 73.3 Å². The summed E-state index contributed by atoms with van der Waals surface area (Å²) in [6.45, 7) is 8.61. The number of aromatic hydroxyl groups is 1. The molecule has 0 saturated carbocycles. The zero-order valence-electron chi connectivity index (χ0n) is 27.5. The van der Waals surface area contributed by atoms with Gasteiger partial charge in [0.15, 0.2) is 0 Å². The Morgan fingerprint density at radius 1 is 1.12 bits per heavy atom. The summed E-state index contributed by atoms with van der Waals surface area (Å²) < 4.78 is 12.7.